The number of phenols is 1. The van der Waals surface area contributed by atoms with Crippen LogP contribution in [0, 0.1) is 11.8 Å². The molecule has 2 saturated heterocycles. The number of carbonyl (C=O) groups is 2. The highest BCUT2D eigenvalue weighted by Gasteiger charge is 2.51. The number of carbonyl (C=O) groups excluding carboxylic acids is 2. The second kappa shape index (κ2) is 16.0. The lowest BCUT2D eigenvalue weighted by Gasteiger charge is -2.44. The van der Waals surface area contributed by atoms with Crippen molar-refractivity contribution in [3.05, 3.63) is 59.4 Å². The predicted molar refractivity (Wildman–Crippen MR) is 160 cm³/mol. The van der Waals surface area contributed by atoms with Crippen LogP contribution in [-0.2, 0) is 42.7 Å². The van der Waals surface area contributed by atoms with Crippen LogP contribution in [0.25, 0.3) is 6.08 Å². The molecule has 49 heavy (non-hydrogen) atoms. The van der Waals surface area contributed by atoms with Gasteiger partial charge in [0.05, 0.1) is 38.1 Å². The van der Waals surface area contributed by atoms with Crippen LogP contribution >= 0.6 is 0 Å². The molecule has 0 spiro atoms. The molecule has 13 atom stereocenters. The van der Waals surface area contributed by atoms with Gasteiger partial charge in [-0.3, -0.25) is 0 Å². The summed E-state index contributed by atoms with van der Waals surface area (Å²) < 4.78 is 38.3. The summed E-state index contributed by atoms with van der Waals surface area (Å²) in [5.74, 6) is -2.54. The van der Waals surface area contributed by atoms with Crippen molar-refractivity contribution in [3.63, 3.8) is 0 Å². The topological polar surface area (TPSA) is 261 Å². The maximum absolute atomic E-state index is 12.3. The standard InChI is InChI=1S/C32H40O17/c1-43-29(42)18-11-45-30(22-15(10-33)5-8-17(18)22)49-32-28(41)26(39)24(37)20(48-32)13-46-31-27(40)25(38)23(36)19(47-31)12-44-21(35)9-4-14-2-6-16(34)7-3-14/h2-7,9,11,17,19-20,22-28,30-34,36-41H,8,10,12-13H2,1H3/t17-,19-,20-,22-,23-,24-,25+,26+,27-,28-,30-,31+,32-/m1/s1. The van der Waals surface area contributed by atoms with Crippen molar-refractivity contribution in [2.45, 2.75) is 74.1 Å². The van der Waals surface area contributed by atoms with Crippen LogP contribution < -0.4 is 0 Å². The van der Waals surface area contributed by atoms with Crippen LogP contribution in [0.5, 0.6) is 5.75 Å². The van der Waals surface area contributed by atoms with E-state index in [9.17, 15) is 50.4 Å². The number of benzene rings is 1. The third-order valence-corrected chi connectivity index (χ3v) is 8.85. The van der Waals surface area contributed by atoms with Gasteiger partial charge in [-0.2, -0.15) is 0 Å². The van der Waals surface area contributed by atoms with Gasteiger partial charge in [0.2, 0.25) is 6.29 Å². The van der Waals surface area contributed by atoms with Crippen LogP contribution in [0.3, 0.4) is 0 Å². The largest absolute Gasteiger partial charge is 0.508 e. The fourth-order valence-corrected chi connectivity index (χ4v) is 6.06. The van der Waals surface area contributed by atoms with Gasteiger partial charge in [0.15, 0.2) is 12.6 Å². The van der Waals surface area contributed by atoms with Gasteiger partial charge in [0, 0.05) is 12.0 Å². The van der Waals surface area contributed by atoms with E-state index in [1.54, 1.807) is 18.2 Å². The summed E-state index contributed by atoms with van der Waals surface area (Å²) in [5.41, 5.74) is 1.32. The number of phenolic OH excluding ortho intramolecular Hbond substituents is 1. The van der Waals surface area contributed by atoms with Crippen molar-refractivity contribution < 1.29 is 83.6 Å². The summed E-state index contributed by atoms with van der Waals surface area (Å²) in [7, 11) is 1.22. The minimum absolute atomic E-state index is 0.0487. The number of fused-ring (bicyclic) bond motifs is 1. The van der Waals surface area contributed by atoms with Crippen LogP contribution in [0.15, 0.2) is 53.8 Å². The molecular formula is C32H40O17. The molecule has 3 aliphatic heterocycles. The number of rotatable bonds is 11. The minimum atomic E-state index is -1.81. The zero-order valence-electron chi connectivity index (χ0n) is 26.2. The molecule has 5 rings (SSSR count). The second-order valence-corrected chi connectivity index (χ2v) is 11.9. The van der Waals surface area contributed by atoms with E-state index in [2.05, 4.69) is 0 Å². The van der Waals surface area contributed by atoms with Crippen molar-refractivity contribution in [1.82, 2.24) is 0 Å². The highest BCUT2D eigenvalue weighted by molar-refractivity contribution is 5.89. The Morgan fingerprint density at radius 3 is 2.14 bits per heavy atom. The SMILES string of the molecule is COC(=O)C1=CO[C@H](O[C@H]2O[C@H](CO[C@H]3O[C@H](COC(=O)C=Cc4ccc(O)cc4)[C@@H](O)[C@H](O)[C@H]3O)[C@@H](O)[C@H](O)[C@H]2O)[C@@H]2C(CO)=CC[C@H]12. The lowest BCUT2D eigenvalue weighted by atomic mass is 9.83. The quantitative estimate of drug-likeness (QED) is 0.0679. The van der Waals surface area contributed by atoms with E-state index in [1.807, 2.05) is 0 Å². The normalized spacial score (nSPS) is 37.5. The smallest absolute Gasteiger partial charge is 0.337 e. The number of hydrogen-bond donors (Lipinski definition) is 8. The van der Waals surface area contributed by atoms with E-state index in [0.717, 1.165) is 12.3 Å². The minimum Gasteiger partial charge on any atom is -0.508 e. The second-order valence-electron chi connectivity index (χ2n) is 11.9. The molecule has 0 unspecified atom stereocenters. The molecule has 3 heterocycles. The molecule has 1 aromatic rings. The number of allylic oxidation sites excluding steroid dienone is 1. The molecule has 0 aromatic heterocycles. The molecule has 0 radical (unpaired) electrons. The highest BCUT2D eigenvalue weighted by Crippen LogP contribution is 2.44. The molecular weight excluding hydrogens is 656 g/mol. The van der Waals surface area contributed by atoms with Gasteiger partial charge in [-0.15, -0.1) is 0 Å². The third-order valence-electron chi connectivity index (χ3n) is 8.85. The highest BCUT2D eigenvalue weighted by atomic mass is 16.8. The maximum Gasteiger partial charge on any atom is 0.337 e. The van der Waals surface area contributed by atoms with Gasteiger partial charge in [-0.1, -0.05) is 18.2 Å². The van der Waals surface area contributed by atoms with Gasteiger partial charge < -0.3 is 74.0 Å². The summed E-state index contributed by atoms with van der Waals surface area (Å²) in [5, 5.41) is 82.6. The van der Waals surface area contributed by atoms with Gasteiger partial charge in [0.25, 0.3) is 0 Å². The van der Waals surface area contributed by atoms with Crippen molar-refractivity contribution in [3.8, 4) is 5.75 Å². The molecule has 0 saturated carbocycles. The Kier molecular flexibility index (Phi) is 12.1. The molecule has 1 aliphatic carbocycles. The van der Waals surface area contributed by atoms with E-state index in [1.165, 1.54) is 25.3 Å². The number of aromatic hydroxyl groups is 1. The van der Waals surface area contributed by atoms with E-state index in [4.69, 9.17) is 33.2 Å². The van der Waals surface area contributed by atoms with Crippen LogP contribution in [0.4, 0.5) is 0 Å². The zero-order valence-corrected chi connectivity index (χ0v) is 26.2. The summed E-state index contributed by atoms with van der Waals surface area (Å²) in [6.07, 6.45) is -12.0. The van der Waals surface area contributed by atoms with Crippen LogP contribution in [0.2, 0.25) is 0 Å². The third kappa shape index (κ3) is 8.13. The van der Waals surface area contributed by atoms with Gasteiger partial charge in [-0.05, 0) is 35.8 Å². The number of methoxy groups -OCH3 is 1. The number of ether oxygens (including phenoxy) is 7. The van der Waals surface area contributed by atoms with Gasteiger partial charge in [-0.25, -0.2) is 9.59 Å². The van der Waals surface area contributed by atoms with Gasteiger partial charge in [0.1, 0.15) is 61.2 Å². The summed E-state index contributed by atoms with van der Waals surface area (Å²) in [6.45, 7) is -1.51. The average molecular weight is 697 g/mol. The molecule has 0 bridgehead atoms. The molecule has 1 aromatic carbocycles. The molecule has 270 valence electrons. The molecule has 0 amide bonds. The number of hydrogen-bond acceptors (Lipinski definition) is 17. The van der Waals surface area contributed by atoms with E-state index in [-0.39, 0.29) is 17.9 Å². The van der Waals surface area contributed by atoms with E-state index >= 15 is 0 Å². The number of aliphatic hydroxyl groups is 7. The van der Waals surface area contributed by atoms with E-state index < -0.39 is 105 Å². The first kappa shape index (κ1) is 36.8. The molecule has 2 fully saturated rings. The molecule has 17 nitrogen and oxygen atoms in total. The zero-order chi connectivity index (χ0) is 35.4. The first-order valence-electron chi connectivity index (χ1n) is 15.5. The fraction of sp³-hybridized carbons (Fsp3) is 0.562. The van der Waals surface area contributed by atoms with E-state index in [0.29, 0.717) is 17.6 Å². The molecule has 8 N–H and O–H groups in total. The summed E-state index contributed by atoms with van der Waals surface area (Å²) in [6, 6.07) is 5.98. The van der Waals surface area contributed by atoms with Crippen LogP contribution in [-0.4, -0.2) is 147 Å². The maximum atomic E-state index is 12.3. The average Bonchev–Trinajstić information content (AvgIpc) is 3.55. The Bertz CT molecular complexity index is 1390. The molecule has 4 aliphatic rings. The Hall–Kier alpha value is -3.46. The Labute approximate surface area is 279 Å². The number of aliphatic hydroxyl groups excluding tert-OH is 7. The lowest BCUT2D eigenvalue weighted by Crippen LogP contribution is -2.62. The van der Waals surface area contributed by atoms with Crippen molar-refractivity contribution in [2.75, 3.05) is 26.9 Å². The first-order chi connectivity index (χ1) is 23.4. The summed E-state index contributed by atoms with van der Waals surface area (Å²) >= 11 is 0. The van der Waals surface area contributed by atoms with Crippen molar-refractivity contribution >= 4 is 18.0 Å². The fourth-order valence-electron chi connectivity index (χ4n) is 6.06. The predicted octanol–water partition coefficient (Wildman–Crippen LogP) is -2.43. The molecule has 17 heteroatoms. The monoisotopic (exact) mass is 696 g/mol. The Balaban J connectivity index is 1.19. The van der Waals surface area contributed by atoms with Gasteiger partial charge >= 0.3 is 11.9 Å². The number of esters is 2. The Morgan fingerprint density at radius 2 is 1.49 bits per heavy atom. The first-order valence-corrected chi connectivity index (χ1v) is 15.5. The van der Waals surface area contributed by atoms with Crippen molar-refractivity contribution in [2.24, 2.45) is 11.8 Å². The van der Waals surface area contributed by atoms with Crippen molar-refractivity contribution in [1.29, 1.82) is 0 Å². The van der Waals surface area contributed by atoms with Crippen LogP contribution in [0.1, 0.15) is 12.0 Å². The Morgan fingerprint density at radius 1 is 0.857 bits per heavy atom. The summed E-state index contributed by atoms with van der Waals surface area (Å²) in [4.78, 5) is 24.5. The lowest BCUT2D eigenvalue weighted by molar-refractivity contribution is -0.352.